The lowest BCUT2D eigenvalue weighted by Crippen LogP contribution is -2.31. The van der Waals surface area contributed by atoms with Crippen molar-refractivity contribution in [2.45, 2.75) is 32.2 Å². The van der Waals surface area contributed by atoms with E-state index in [1.165, 1.54) is 0 Å². The Morgan fingerprint density at radius 2 is 1.69 bits per heavy atom. The van der Waals surface area contributed by atoms with Gasteiger partial charge in [-0.3, -0.25) is 4.79 Å². The van der Waals surface area contributed by atoms with E-state index in [4.69, 9.17) is 14.2 Å². The van der Waals surface area contributed by atoms with Gasteiger partial charge in [-0.15, -0.1) is 0 Å². The SMILES string of the molecule is COc1cccc(C(=O)N(CCCCCCNc2ccccn2)Cc2ccc(OC)c(OC)c2)c1. The highest BCUT2D eigenvalue weighted by Gasteiger charge is 2.17. The van der Waals surface area contributed by atoms with Crippen molar-refractivity contribution in [2.24, 2.45) is 0 Å². The van der Waals surface area contributed by atoms with Crippen molar-refractivity contribution in [2.75, 3.05) is 39.7 Å². The van der Waals surface area contributed by atoms with E-state index in [9.17, 15) is 4.79 Å². The predicted octanol–water partition coefficient (Wildman–Crippen LogP) is 5.42. The average molecular weight is 478 g/mol. The van der Waals surface area contributed by atoms with E-state index in [0.717, 1.165) is 43.6 Å². The van der Waals surface area contributed by atoms with Crippen LogP contribution in [-0.2, 0) is 6.54 Å². The topological polar surface area (TPSA) is 72.9 Å². The molecule has 0 spiro atoms. The number of aromatic nitrogens is 1. The lowest BCUT2D eigenvalue weighted by molar-refractivity contribution is 0.0739. The molecular formula is C28H35N3O4. The molecule has 0 unspecified atom stereocenters. The number of carbonyl (C=O) groups is 1. The van der Waals surface area contributed by atoms with Gasteiger partial charge in [0, 0.05) is 31.4 Å². The lowest BCUT2D eigenvalue weighted by atomic mass is 10.1. The highest BCUT2D eigenvalue weighted by atomic mass is 16.5. The van der Waals surface area contributed by atoms with Gasteiger partial charge >= 0.3 is 0 Å². The van der Waals surface area contributed by atoms with Gasteiger partial charge in [0.1, 0.15) is 11.6 Å². The Morgan fingerprint density at radius 1 is 0.857 bits per heavy atom. The number of pyridine rings is 1. The minimum atomic E-state index is -0.0181. The number of nitrogens with zero attached hydrogens (tertiary/aromatic N) is 2. The molecule has 35 heavy (non-hydrogen) atoms. The summed E-state index contributed by atoms with van der Waals surface area (Å²) < 4.78 is 16.1. The first-order valence-corrected chi connectivity index (χ1v) is 11.9. The number of hydrogen-bond donors (Lipinski definition) is 1. The number of ether oxygens (including phenoxy) is 3. The molecule has 7 heteroatoms. The molecule has 0 aliphatic rings. The quantitative estimate of drug-likeness (QED) is 0.313. The van der Waals surface area contributed by atoms with Crippen LogP contribution >= 0.6 is 0 Å². The number of nitrogens with one attached hydrogen (secondary N) is 1. The molecule has 0 aliphatic carbocycles. The van der Waals surface area contributed by atoms with Crippen molar-refractivity contribution in [3.63, 3.8) is 0 Å². The van der Waals surface area contributed by atoms with Crippen LogP contribution in [0, 0.1) is 0 Å². The highest BCUT2D eigenvalue weighted by molar-refractivity contribution is 5.94. The molecule has 2 aromatic carbocycles. The Kier molecular flexibility index (Phi) is 10.2. The molecule has 1 N–H and O–H groups in total. The number of benzene rings is 2. The zero-order valence-corrected chi connectivity index (χ0v) is 20.8. The maximum absolute atomic E-state index is 13.4. The number of anilines is 1. The second-order valence-electron chi connectivity index (χ2n) is 8.20. The smallest absolute Gasteiger partial charge is 0.254 e. The van der Waals surface area contributed by atoms with Crippen LogP contribution in [0.4, 0.5) is 5.82 Å². The summed E-state index contributed by atoms with van der Waals surface area (Å²) in [5.74, 6) is 2.87. The van der Waals surface area contributed by atoms with E-state index in [1.807, 2.05) is 59.5 Å². The van der Waals surface area contributed by atoms with E-state index in [-0.39, 0.29) is 5.91 Å². The van der Waals surface area contributed by atoms with Gasteiger partial charge in [0.25, 0.3) is 5.91 Å². The molecule has 0 aliphatic heterocycles. The molecule has 1 aromatic heterocycles. The summed E-state index contributed by atoms with van der Waals surface area (Å²) in [6, 6.07) is 18.9. The number of hydrogen-bond acceptors (Lipinski definition) is 6. The maximum Gasteiger partial charge on any atom is 0.254 e. The highest BCUT2D eigenvalue weighted by Crippen LogP contribution is 2.28. The number of carbonyl (C=O) groups excluding carboxylic acids is 1. The Hall–Kier alpha value is -3.74. The van der Waals surface area contributed by atoms with Crippen LogP contribution in [-0.4, -0.2) is 50.2 Å². The Labute approximate surface area is 208 Å². The van der Waals surface area contributed by atoms with Crippen LogP contribution in [0.3, 0.4) is 0 Å². The zero-order valence-electron chi connectivity index (χ0n) is 20.8. The van der Waals surface area contributed by atoms with Crippen molar-refractivity contribution in [3.8, 4) is 17.2 Å². The molecular weight excluding hydrogens is 442 g/mol. The zero-order chi connectivity index (χ0) is 24.9. The van der Waals surface area contributed by atoms with Crippen LogP contribution in [0.1, 0.15) is 41.6 Å². The average Bonchev–Trinajstić information content (AvgIpc) is 2.91. The molecule has 186 valence electrons. The summed E-state index contributed by atoms with van der Waals surface area (Å²) in [4.78, 5) is 19.6. The van der Waals surface area contributed by atoms with Crippen molar-refractivity contribution >= 4 is 11.7 Å². The molecule has 0 fully saturated rings. The van der Waals surface area contributed by atoms with Gasteiger partial charge in [-0.25, -0.2) is 4.98 Å². The van der Waals surface area contributed by atoms with E-state index >= 15 is 0 Å². The largest absolute Gasteiger partial charge is 0.497 e. The van der Waals surface area contributed by atoms with Gasteiger partial charge < -0.3 is 24.4 Å². The molecule has 1 heterocycles. The molecule has 1 amide bonds. The van der Waals surface area contributed by atoms with E-state index in [2.05, 4.69) is 10.3 Å². The van der Waals surface area contributed by atoms with Crippen LogP contribution in [0.5, 0.6) is 17.2 Å². The van der Waals surface area contributed by atoms with Crippen LogP contribution in [0.15, 0.2) is 66.9 Å². The molecule has 3 aromatic rings. The van der Waals surface area contributed by atoms with Crippen LogP contribution in [0.25, 0.3) is 0 Å². The van der Waals surface area contributed by atoms with Crippen molar-refractivity contribution in [3.05, 3.63) is 78.0 Å². The van der Waals surface area contributed by atoms with Crippen LogP contribution in [0.2, 0.25) is 0 Å². The van der Waals surface area contributed by atoms with Gasteiger partial charge in [0.05, 0.1) is 21.3 Å². The number of amides is 1. The van der Waals surface area contributed by atoms with Crippen molar-refractivity contribution in [1.82, 2.24) is 9.88 Å². The fourth-order valence-corrected chi connectivity index (χ4v) is 3.86. The third kappa shape index (κ3) is 7.91. The molecule has 0 atom stereocenters. The van der Waals surface area contributed by atoms with Gasteiger partial charge in [0.15, 0.2) is 11.5 Å². The second kappa shape index (κ2) is 13.8. The molecule has 0 bridgehead atoms. The summed E-state index contributed by atoms with van der Waals surface area (Å²) in [6.07, 6.45) is 5.88. The lowest BCUT2D eigenvalue weighted by Gasteiger charge is -2.24. The second-order valence-corrected chi connectivity index (χ2v) is 8.20. The summed E-state index contributed by atoms with van der Waals surface area (Å²) in [6.45, 7) is 2.03. The number of rotatable bonds is 14. The van der Waals surface area contributed by atoms with E-state index < -0.39 is 0 Å². The third-order valence-corrected chi connectivity index (χ3v) is 5.75. The molecule has 7 nitrogen and oxygen atoms in total. The first kappa shape index (κ1) is 25.9. The minimum absolute atomic E-state index is 0.0181. The fraction of sp³-hybridized carbons (Fsp3) is 0.357. The number of unbranched alkanes of at least 4 members (excludes halogenated alkanes) is 3. The van der Waals surface area contributed by atoms with Gasteiger partial charge in [0.2, 0.25) is 0 Å². The maximum atomic E-state index is 13.4. The monoisotopic (exact) mass is 477 g/mol. The minimum Gasteiger partial charge on any atom is -0.497 e. The third-order valence-electron chi connectivity index (χ3n) is 5.75. The normalized spacial score (nSPS) is 10.5. The van der Waals surface area contributed by atoms with Gasteiger partial charge in [-0.05, 0) is 60.9 Å². The van der Waals surface area contributed by atoms with Gasteiger partial charge in [-0.2, -0.15) is 0 Å². The molecule has 0 saturated heterocycles. The summed E-state index contributed by atoms with van der Waals surface area (Å²) >= 11 is 0. The Morgan fingerprint density at radius 3 is 2.43 bits per heavy atom. The van der Waals surface area contributed by atoms with Crippen LogP contribution < -0.4 is 19.5 Å². The number of methoxy groups -OCH3 is 3. The van der Waals surface area contributed by atoms with Crippen molar-refractivity contribution < 1.29 is 19.0 Å². The van der Waals surface area contributed by atoms with Crippen molar-refractivity contribution in [1.29, 1.82) is 0 Å². The fourth-order valence-electron chi connectivity index (χ4n) is 3.86. The standard InChI is InChI=1S/C28H35N3O4/c1-33-24-12-10-11-23(20-24)28(32)31(21-22-14-15-25(34-2)26(19-22)35-3)18-9-5-4-7-16-29-27-13-6-8-17-30-27/h6,8,10-15,17,19-20H,4-5,7,9,16,18,21H2,1-3H3,(H,29,30). The summed E-state index contributed by atoms with van der Waals surface area (Å²) in [5.41, 5.74) is 1.60. The van der Waals surface area contributed by atoms with E-state index in [1.54, 1.807) is 33.6 Å². The Bertz CT molecular complexity index is 1060. The molecule has 3 rings (SSSR count). The summed E-state index contributed by atoms with van der Waals surface area (Å²) in [5, 5.41) is 3.34. The molecule has 0 saturated carbocycles. The first-order valence-electron chi connectivity index (χ1n) is 11.9. The predicted molar refractivity (Wildman–Crippen MR) is 138 cm³/mol. The summed E-state index contributed by atoms with van der Waals surface area (Å²) in [7, 11) is 4.83. The Balaban J connectivity index is 1.59. The first-order chi connectivity index (χ1) is 17.1. The van der Waals surface area contributed by atoms with E-state index in [0.29, 0.717) is 35.9 Å². The van der Waals surface area contributed by atoms with Gasteiger partial charge in [-0.1, -0.05) is 31.0 Å². The molecule has 0 radical (unpaired) electrons.